The fraction of sp³-hybridized carbons (Fsp3) is 0.588. The highest BCUT2D eigenvalue weighted by atomic mass is 16.7. The van der Waals surface area contributed by atoms with Gasteiger partial charge in [0.25, 0.3) is 0 Å². The number of rotatable bonds is 4. The van der Waals surface area contributed by atoms with Crippen molar-refractivity contribution in [3.8, 4) is 0 Å². The molecule has 1 saturated heterocycles. The maximum atomic E-state index is 11.9. The third-order valence-corrected chi connectivity index (χ3v) is 4.34. The fourth-order valence-corrected chi connectivity index (χ4v) is 2.21. The number of carbonyl (C=O) groups is 1. The molecular formula is C17H27BN2O3. The summed E-state index contributed by atoms with van der Waals surface area (Å²) in [7, 11) is -0.430. The minimum absolute atomic E-state index is 0.204. The summed E-state index contributed by atoms with van der Waals surface area (Å²) in [6, 6.07) is 7.36. The Kier molecular flexibility index (Phi) is 5.06. The van der Waals surface area contributed by atoms with Crippen molar-refractivity contribution in [3.63, 3.8) is 0 Å². The molecule has 1 aliphatic heterocycles. The Morgan fingerprint density at radius 2 is 1.78 bits per heavy atom. The molecule has 1 aromatic rings. The molecule has 1 aliphatic rings. The molecule has 0 bridgehead atoms. The van der Waals surface area contributed by atoms with E-state index in [1.165, 1.54) is 0 Å². The molecule has 1 fully saturated rings. The Bertz CT molecular complexity index is 557. The second-order valence-corrected chi connectivity index (χ2v) is 7.44. The molecule has 0 spiro atoms. The Balaban J connectivity index is 2.05. The van der Waals surface area contributed by atoms with Gasteiger partial charge >= 0.3 is 13.1 Å². The molecule has 2 N–H and O–H groups in total. The molecular weight excluding hydrogens is 291 g/mol. The minimum Gasteiger partial charge on any atom is -0.399 e. The van der Waals surface area contributed by atoms with E-state index in [-0.39, 0.29) is 17.2 Å². The van der Waals surface area contributed by atoms with Crippen LogP contribution in [0.15, 0.2) is 24.3 Å². The highest BCUT2D eigenvalue weighted by molar-refractivity contribution is 6.62. The Hall–Kier alpha value is -1.53. The van der Waals surface area contributed by atoms with Crippen molar-refractivity contribution in [2.24, 2.45) is 5.92 Å². The quantitative estimate of drug-likeness (QED) is 0.839. The van der Waals surface area contributed by atoms with Gasteiger partial charge in [0.2, 0.25) is 0 Å². The van der Waals surface area contributed by atoms with Gasteiger partial charge in [0.15, 0.2) is 0 Å². The highest BCUT2D eigenvalue weighted by Gasteiger charge is 2.51. The number of amides is 2. The van der Waals surface area contributed by atoms with Crippen LogP contribution >= 0.6 is 0 Å². The Morgan fingerprint density at radius 1 is 1.17 bits per heavy atom. The van der Waals surface area contributed by atoms with E-state index in [0.29, 0.717) is 12.5 Å². The van der Waals surface area contributed by atoms with Gasteiger partial charge in [-0.3, -0.25) is 0 Å². The zero-order valence-corrected chi connectivity index (χ0v) is 14.9. The van der Waals surface area contributed by atoms with Gasteiger partial charge in [-0.25, -0.2) is 4.79 Å². The van der Waals surface area contributed by atoms with E-state index in [2.05, 4.69) is 24.5 Å². The highest BCUT2D eigenvalue weighted by Crippen LogP contribution is 2.36. The third kappa shape index (κ3) is 4.27. The largest absolute Gasteiger partial charge is 0.494 e. The number of urea groups is 1. The summed E-state index contributed by atoms with van der Waals surface area (Å²) in [6.07, 6.45) is 0. The molecule has 0 saturated carbocycles. The number of anilines is 1. The van der Waals surface area contributed by atoms with E-state index in [9.17, 15) is 4.79 Å². The van der Waals surface area contributed by atoms with E-state index in [1.54, 1.807) is 0 Å². The van der Waals surface area contributed by atoms with Crippen molar-refractivity contribution in [1.29, 1.82) is 0 Å². The van der Waals surface area contributed by atoms with Crippen LogP contribution in [0.25, 0.3) is 0 Å². The normalized spacial score (nSPS) is 19.0. The molecule has 0 aromatic heterocycles. The first-order valence-electron chi connectivity index (χ1n) is 8.11. The van der Waals surface area contributed by atoms with Crippen molar-refractivity contribution >= 4 is 24.3 Å². The van der Waals surface area contributed by atoms with Crippen LogP contribution in [-0.4, -0.2) is 30.9 Å². The van der Waals surface area contributed by atoms with E-state index >= 15 is 0 Å². The lowest BCUT2D eigenvalue weighted by atomic mass is 9.79. The number of hydrogen-bond donors (Lipinski definition) is 2. The van der Waals surface area contributed by atoms with Crippen molar-refractivity contribution in [2.45, 2.75) is 52.7 Å². The van der Waals surface area contributed by atoms with Crippen LogP contribution < -0.4 is 16.1 Å². The molecule has 0 atom stereocenters. The van der Waals surface area contributed by atoms with Crippen molar-refractivity contribution in [1.82, 2.24) is 5.32 Å². The lowest BCUT2D eigenvalue weighted by Crippen LogP contribution is -2.41. The molecule has 6 heteroatoms. The van der Waals surface area contributed by atoms with E-state index in [0.717, 1.165) is 11.2 Å². The summed E-state index contributed by atoms with van der Waals surface area (Å²) in [6.45, 7) is 12.8. The summed E-state index contributed by atoms with van der Waals surface area (Å²) in [5.74, 6) is 0.414. The average Bonchev–Trinajstić information content (AvgIpc) is 2.66. The first-order chi connectivity index (χ1) is 10.6. The van der Waals surface area contributed by atoms with Gasteiger partial charge in [-0.05, 0) is 51.2 Å². The summed E-state index contributed by atoms with van der Waals surface area (Å²) in [5, 5.41) is 5.67. The van der Waals surface area contributed by atoms with Gasteiger partial charge in [0.05, 0.1) is 11.2 Å². The summed E-state index contributed by atoms with van der Waals surface area (Å²) in [4.78, 5) is 11.9. The van der Waals surface area contributed by atoms with Crippen molar-refractivity contribution in [3.05, 3.63) is 24.3 Å². The predicted octanol–water partition coefficient (Wildman–Crippen LogP) is 2.76. The molecule has 0 aliphatic carbocycles. The van der Waals surface area contributed by atoms with Crippen LogP contribution in [0.4, 0.5) is 10.5 Å². The van der Waals surface area contributed by atoms with Gasteiger partial charge in [-0.15, -0.1) is 0 Å². The zero-order chi connectivity index (χ0) is 17.3. The van der Waals surface area contributed by atoms with E-state index in [4.69, 9.17) is 9.31 Å². The summed E-state index contributed by atoms with van der Waals surface area (Å²) in [5.41, 5.74) is 0.856. The number of benzene rings is 1. The molecule has 0 unspecified atom stereocenters. The third-order valence-electron chi connectivity index (χ3n) is 4.34. The second-order valence-electron chi connectivity index (χ2n) is 7.44. The maximum Gasteiger partial charge on any atom is 0.494 e. The van der Waals surface area contributed by atoms with Crippen LogP contribution in [0.5, 0.6) is 0 Å². The molecule has 5 nitrogen and oxygen atoms in total. The number of hydrogen-bond acceptors (Lipinski definition) is 3. The molecule has 2 rings (SSSR count). The molecule has 1 aromatic carbocycles. The van der Waals surface area contributed by atoms with Crippen LogP contribution in [0.2, 0.25) is 0 Å². The smallest absolute Gasteiger partial charge is 0.399 e. The van der Waals surface area contributed by atoms with Gasteiger partial charge < -0.3 is 19.9 Å². The van der Waals surface area contributed by atoms with Gasteiger partial charge in [0, 0.05) is 12.2 Å². The average molecular weight is 318 g/mol. The van der Waals surface area contributed by atoms with E-state index < -0.39 is 7.12 Å². The monoisotopic (exact) mass is 318 g/mol. The number of nitrogens with one attached hydrogen (secondary N) is 2. The molecule has 2 amide bonds. The van der Waals surface area contributed by atoms with Crippen molar-refractivity contribution in [2.75, 3.05) is 11.9 Å². The minimum atomic E-state index is -0.430. The first-order valence-corrected chi connectivity index (χ1v) is 8.11. The van der Waals surface area contributed by atoms with Crippen LogP contribution in [0.3, 0.4) is 0 Å². The molecule has 1 heterocycles. The fourth-order valence-electron chi connectivity index (χ4n) is 2.21. The Labute approximate surface area is 139 Å². The predicted molar refractivity (Wildman–Crippen MR) is 94.0 cm³/mol. The number of carbonyl (C=O) groups excluding carboxylic acids is 1. The summed E-state index contributed by atoms with van der Waals surface area (Å²) < 4.78 is 12.1. The van der Waals surface area contributed by atoms with Gasteiger partial charge in [-0.2, -0.15) is 0 Å². The lowest BCUT2D eigenvalue weighted by molar-refractivity contribution is 0.00578. The lowest BCUT2D eigenvalue weighted by Gasteiger charge is -2.32. The molecule has 0 radical (unpaired) electrons. The molecule has 23 heavy (non-hydrogen) atoms. The van der Waals surface area contributed by atoms with Crippen molar-refractivity contribution < 1.29 is 14.1 Å². The SMILES string of the molecule is CC(C)CNC(=O)Nc1cccc(B2OC(C)(C)C(C)(C)O2)c1. The zero-order valence-electron chi connectivity index (χ0n) is 14.9. The van der Waals surface area contributed by atoms with Gasteiger partial charge in [-0.1, -0.05) is 26.0 Å². The maximum absolute atomic E-state index is 11.9. The van der Waals surface area contributed by atoms with Crippen LogP contribution in [0, 0.1) is 5.92 Å². The first kappa shape index (κ1) is 17.8. The second kappa shape index (κ2) is 6.53. The van der Waals surface area contributed by atoms with Gasteiger partial charge in [0.1, 0.15) is 0 Å². The summed E-state index contributed by atoms with van der Waals surface area (Å²) >= 11 is 0. The Morgan fingerprint density at radius 3 is 2.35 bits per heavy atom. The van der Waals surface area contributed by atoms with E-state index in [1.807, 2.05) is 52.0 Å². The standard InChI is InChI=1S/C17H27BN2O3/c1-12(2)11-19-15(21)20-14-9-7-8-13(10-14)18-22-16(3,4)17(5,6)23-18/h7-10,12H,11H2,1-6H3,(H2,19,20,21). The topological polar surface area (TPSA) is 59.6 Å². The van der Waals surface area contributed by atoms with Crippen LogP contribution in [0.1, 0.15) is 41.5 Å². The van der Waals surface area contributed by atoms with Crippen LogP contribution in [-0.2, 0) is 9.31 Å². The molecule has 126 valence electrons.